The van der Waals surface area contributed by atoms with Crippen molar-refractivity contribution in [2.24, 2.45) is 69.3 Å². The third-order valence-corrected chi connectivity index (χ3v) is 17.6. The van der Waals surface area contributed by atoms with E-state index in [-0.39, 0.29) is 90.6 Å². The van der Waals surface area contributed by atoms with Gasteiger partial charge in [0, 0.05) is 92.5 Å². The van der Waals surface area contributed by atoms with Gasteiger partial charge in [-0.15, -0.1) is 0 Å². The van der Waals surface area contributed by atoms with Crippen molar-refractivity contribution in [1.82, 2.24) is 35.6 Å². The first-order chi connectivity index (χ1) is 46.5. The monoisotopic (exact) mass is 1600 g/mol. The Hall–Kier alpha value is -7.49. The van der Waals surface area contributed by atoms with Gasteiger partial charge in [-0.05, 0) is 174 Å². The molecule has 9 heterocycles. The van der Waals surface area contributed by atoms with Gasteiger partial charge < -0.3 is 75.6 Å². The Kier molecular flexibility index (Phi) is 30.1. The number of esters is 3. The number of nitrogens with two attached hydrogens (primary N) is 1. The molecule has 9 aliphatic heterocycles. The van der Waals surface area contributed by atoms with Crippen molar-refractivity contribution in [2.45, 2.75) is 142 Å². The number of carboxylic acids is 1. The van der Waals surface area contributed by atoms with Crippen LogP contribution in [-0.4, -0.2) is 216 Å². The third kappa shape index (κ3) is 23.3. The fourth-order valence-corrected chi connectivity index (χ4v) is 13.7. The Balaban J connectivity index is 0.000000200. The number of aliphatic imine (C=N–C) groups is 8. The van der Waals surface area contributed by atoms with Crippen LogP contribution < -0.4 is 21.7 Å². The van der Waals surface area contributed by atoms with Gasteiger partial charge in [0.2, 0.25) is 0 Å². The summed E-state index contributed by atoms with van der Waals surface area (Å²) in [6.07, 6.45) is 17.4. The quantitative estimate of drug-likeness (QED) is 0.0528. The molecule has 2 aromatic rings. The van der Waals surface area contributed by atoms with E-state index >= 15 is 0 Å². The number of hydrogen-bond acceptors (Lipinski definition) is 23. The predicted octanol–water partition coefficient (Wildman–Crippen LogP) is 8.72. The molecule has 0 amide bonds. The van der Waals surface area contributed by atoms with Crippen molar-refractivity contribution < 1.29 is 53.4 Å². The molecule has 1 saturated heterocycles. The van der Waals surface area contributed by atoms with E-state index in [2.05, 4.69) is 118 Å². The number of rotatable bonds is 14. The number of hydrogen-bond donors (Lipinski definition) is 7. The standard InChI is InChI=1S/C20H26N4O3.C16H18N4O3.C14H21IN4O2.C13H17ClIN3O2.C4H8O.CH5N/c1-20(2,3)27-16(26)8-9-24-11-15(13-6-5-7-14(25)10-13)17-18(21-4)22-12-23-19(17)24;1-17-15-14-12(10-3-2-4-11(21)7-10)8-20(6-5-13(22)23)16(14)19-9-18-15;1-14(2,3)21-10(20)5-6-19-7-9(15)11-12(16-4)17-8-18-13(11)19;1-13(2,3)20-9(19)4-5-18-6-8(15)10-11(14)16-7-17-12(10)18;1-2-4-5-3-1;1-2/h5-7,10-12,17,19,25H,8-9H2,1-4H3,(H,21,22,23);2-4,7-9,14,16,21H,5-6H2,1H3,(H,22,23)(H,17,18,19);7-8,11,13H,5-6H2,1-4H3,(H,16,17,18);6-7,10,12H,4-5H2,1-3H3;1-4H2;2H2,1H3. The first-order valence-electron chi connectivity index (χ1n) is 32.3. The number of nitrogens with zero attached hydrogens (tertiary/aromatic N) is 12. The smallest absolute Gasteiger partial charge is 0.308 e. The summed E-state index contributed by atoms with van der Waals surface area (Å²) in [4.78, 5) is 89.4. The van der Waals surface area contributed by atoms with E-state index in [0.717, 1.165) is 56.6 Å². The highest BCUT2D eigenvalue weighted by atomic mass is 127. The molecule has 0 aromatic heterocycles. The van der Waals surface area contributed by atoms with Crippen LogP contribution in [0.25, 0.3) is 11.1 Å². The lowest BCUT2D eigenvalue weighted by atomic mass is 9.91. The summed E-state index contributed by atoms with van der Waals surface area (Å²) in [6, 6.07) is 14.1. The summed E-state index contributed by atoms with van der Waals surface area (Å²) in [5.41, 5.74) is 6.86. The maximum absolute atomic E-state index is 12.1. The van der Waals surface area contributed by atoms with E-state index in [4.69, 9.17) is 35.7 Å². The first-order valence-corrected chi connectivity index (χ1v) is 34.8. The van der Waals surface area contributed by atoms with Gasteiger partial charge in [0.15, 0.2) is 0 Å². The van der Waals surface area contributed by atoms with Crippen LogP contribution in [0.3, 0.4) is 0 Å². The fraction of sp³-hybridized carbons (Fsp3) is 0.529. The van der Waals surface area contributed by atoms with Crippen molar-refractivity contribution in [3.05, 3.63) is 91.6 Å². The van der Waals surface area contributed by atoms with Gasteiger partial charge in [-0.2, -0.15) is 0 Å². The number of fused-ring (bicyclic) bond motifs is 4. The molecule has 0 aliphatic carbocycles. The maximum atomic E-state index is 12.1. The molecule has 8 unspecified atom stereocenters. The second-order valence-corrected chi connectivity index (χ2v) is 29.0. The molecule has 0 spiro atoms. The lowest BCUT2D eigenvalue weighted by molar-refractivity contribution is -0.156. The number of nitrogens with one attached hydrogen (secondary N) is 3. The number of aliphatic carboxylic acids is 1. The summed E-state index contributed by atoms with van der Waals surface area (Å²) < 4.78 is 23.3. The van der Waals surface area contributed by atoms with E-state index < -0.39 is 22.8 Å². The lowest BCUT2D eigenvalue weighted by Gasteiger charge is -2.30. The molecule has 534 valence electrons. The van der Waals surface area contributed by atoms with E-state index in [1.54, 1.807) is 70.5 Å². The molecule has 27 nitrogen and oxygen atoms in total. The Morgan fingerprint density at radius 3 is 1.26 bits per heavy atom. The molecule has 30 heteroatoms. The van der Waals surface area contributed by atoms with Crippen LogP contribution in [0.1, 0.15) is 112 Å². The average molecular weight is 1600 g/mol. The second-order valence-electron chi connectivity index (χ2n) is 26.1. The SMILES string of the molecule is C1CCOC1.CC(C)(C)OC(=O)CCN1C=C(I)C2C(Cl)=NC=NC21.CN.CN=C1NC=NC2C1C(I)=CN2CCC(=O)OC(C)(C)C.CN=C1NC=NC2C1C(c1cccc(O)c1)=CN2CCC(=O)O.CN=C1NC=NC2C1C(c1cccc(O)c1)=CN2CCC(=O)OC(C)(C)C. The second kappa shape index (κ2) is 37.1. The maximum Gasteiger partial charge on any atom is 0.308 e. The zero-order valence-electron chi connectivity index (χ0n) is 58.0. The average Bonchev–Trinajstić information content (AvgIpc) is 1.63. The van der Waals surface area contributed by atoms with Gasteiger partial charge in [-0.3, -0.25) is 34.2 Å². The van der Waals surface area contributed by atoms with Gasteiger partial charge in [0.05, 0.1) is 68.4 Å². The van der Waals surface area contributed by atoms with Gasteiger partial charge in [-0.25, -0.2) is 25.0 Å². The number of aromatic hydroxyl groups is 2. The van der Waals surface area contributed by atoms with Gasteiger partial charge in [0.25, 0.3) is 0 Å². The molecular formula is C68H95ClI2N16O11. The number of amidine groups is 3. The Morgan fingerprint density at radius 1 is 0.561 bits per heavy atom. The van der Waals surface area contributed by atoms with E-state index in [0.29, 0.717) is 44.2 Å². The number of carbonyl (C=O) groups is 4. The van der Waals surface area contributed by atoms with Gasteiger partial charge in [-0.1, -0.05) is 35.9 Å². The zero-order valence-corrected chi connectivity index (χ0v) is 63.1. The van der Waals surface area contributed by atoms with Crippen LogP contribution in [0.5, 0.6) is 11.5 Å². The summed E-state index contributed by atoms with van der Waals surface area (Å²) in [6.45, 7) is 20.8. The normalized spacial score (nSPS) is 24.1. The molecule has 8 N–H and O–H groups in total. The molecule has 8 atom stereocenters. The third-order valence-electron chi connectivity index (χ3n) is 15.3. The van der Waals surface area contributed by atoms with Gasteiger partial charge in [0.1, 0.15) is 82.0 Å². The summed E-state index contributed by atoms with van der Waals surface area (Å²) >= 11 is 10.7. The minimum Gasteiger partial charge on any atom is -0.508 e. The molecule has 2 aromatic carbocycles. The zero-order chi connectivity index (χ0) is 72.1. The van der Waals surface area contributed by atoms with E-state index in [1.807, 2.05) is 114 Å². The summed E-state index contributed by atoms with van der Waals surface area (Å²) in [7, 11) is 6.71. The molecule has 1 fully saturated rings. The van der Waals surface area contributed by atoms with E-state index in [1.165, 1.54) is 29.8 Å². The van der Waals surface area contributed by atoms with Crippen molar-refractivity contribution in [2.75, 3.05) is 67.6 Å². The molecule has 0 radical (unpaired) electrons. The highest BCUT2D eigenvalue weighted by molar-refractivity contribution is 14.1. The highest BCUT2D eigenvalue weighted by Gasteiger charge is 2.44. The Morgan fingerprint density at radius 2 is 0.908 bits per heavy atom. The number of carbonyl (C=O) groups excluding carboxylic acids is 3. The highest BCUT2D eigenvalue weighted by Crippen LogP contribution is 2.42. The fourth-order valence-electron chi connectivity index (χ4n) is 11.3. The lowest BCUT2D eigenvalue weighted by Crippen LogP contribution is -2.45. The number of phenolic OH excluding ortho intramolecular Hbond substituents is 2. The van der Waals surface area contributed by atoms with Gasteiger partial charge >= 0.3 is 23.9 Å². The number of ether oxygens (including phenoxy) is 4. The number of benzene rings is 2. The number of phenols is 2. The molecule has 98 heavy (non-hydrogen) atoms. The number of carboxylic acid groups (broad SMARTS) is 1. The predicted molar refractivity (Wildman–Crippen MR) is 403 cm³/mol. The Bertz CT molecular complexity index is 3480. The minimum atomic E-state index is -0.844. The first kappa shape index (κ1) is 79.5. The molecule has 9 aliphatic rings. The largest absolute Gasteiger partial charge is 0.508 e. The molecule has 11 rings (SSSR count). The van der Waals surface area contributed by atoms with Crippen LogP contribution in [0.4, 0.5) is 0 Å². The van der Waals surface area contributed by atoms with Crippen molar-refractivity contribution in [1.29, 1.82) is 0 Å². The summed E-state index contributed by atoms with van der Waals surface area (Å²) in [5.74, 6) is 1.37. The summed E-state index contributed by atoms with van der Waals surface area (Å²) in [5, 5.41) is 38.3. The van der Waals surface area contributed by atoms with E-state index in [9.17, 15) is 29.4 Å². The molecule has 0 bridgehead atoms. The molecular weight excluding hydrogens is 1510 g/mol. The van der Waals surface area contributed by atoms with Crippen LogP contribution in [0, 0.1) is 23.7 Å². The van der Waals surface area contributed by atoms with Crippen LogP contribution in [-0.2, 0) is 38.1 Å². The minimum absolute atomic E-state index is 0.000836. The number of halogens is 3. The van der Waals surface area contributed by atoms with Crippen molar-refractivity contribution in [3.63, 3.8) is 0 Å². The Labute approximate surface area is 607 Å². The van der Waals surface area contributed by atoms with Crippen LogP contribution >= 0.6 is 56.8 Å². The van der Waals surface area contributed by atoms with Crippen LogP contribution in [0.15, 0.2) is 120 Å². The van der Waals surface area contributed by atoms with Crippen molar-refractivity contribution >= 4 is 140 Å². The van der Waals surface area contributed by atoms with Crippen LogP contribution in [0.2, 0.25) is 0 Å². The van der Waals surface area contributed by atoms with Crippen molar-refractivity contribution in [3.8, 4) is 11.5 Å². The molecule has 0 saturated carbocycles. The topological polar surface area (TPSA) is 340 Å².